The second kappa shape index (κ2) is 5.52. The molecular weight excluding hydrogens is 252 g/mol. The molecule has 1 aromatic rings. The highest BCUT2D eigenvalue weighted by Gasteiger charge is 2.07. The summed E-state index contributed by atoms with van der Waals surface area (Å²) in [5.41, 5.74) is 8.24. The quantitative estimate of drug-likeness (QED) is 0.910. The van der Waals surface area contributed by atoms with Crippen molar-refractivity contribution in [1.82, 2.24) is 0 Å². The molecule has 0 amide bonds. The Morgan fingerprint density at radius 3 is 2.60 bits per heavy atom. The Bertz CT molecular complexity index is 323. The topological polar surface area (TPSA) is 29.3 Å². The third-order valence-corrected chi connectivity index (χ3v) is 3.16. The summed E-state index contributed by atoms with van der Waals surface area (Å²) < 4.78 is 1.10. The number of nitrogens with two attached hydrogens (primary N) is 1. The molecule has 0 aliphatic rings. The van der Waals surface area contributed by atoms with Gasteiger partial charge >= 0.3 is 0 Å². The van der Waals surface area contributed by atoms with E-state index < -0.39 is 0 Å². The Kier molecular flexibility index (Phi) is 4.61. The van der Waals surface area contributed by atoms with E-state index in [1.807, 2.05) is 6.92 Å². The van der Waals surface area contributed by atoms with Crippen LogP contribution < -0.4 is 10.6 Å². The molecule has 0 unspecified atom stereocenters. The van der Waals surface area contributed by atoms with Crippen LogP contribution in [0.1, 0.15) is 31.9 Å². The molecule has 0 aliphatic carbocycles. The third-order valence-electron chi connectivity index (χ3n) is 2.47. The molecule has 84 valence electrons. The molecule has 0 saturated heterocycles. The second-order valence-corrected chi connectivity index (χ2v) is 4.77. The van der Waals surface area contributed by atoms with Crippen molar-refractivity contribution < 1.29 is 0 Å². The molecule has 0 heterocycles. The average molecular weight is 271 g/mol. The predicted molar refractivity (Wildman–Crippen MR) is 70.3 cm³/mol. The largest absolute Gasteiger partial charge is 0.375 e. The molecule has 0 bridgehead atoms. The van der Waals surface area contributed by atoms with Gasteiger partial charge in [0.1, 0.15) is 0 Å². The third kappa shape index (κ3) is 3.21. The summed E-state index contributed by atoms with van der Waals surface area (Å²) in [5, 5.41) is 0. The van der Waals surface area contributed by atoms with Crippen molar-refractivity contribution in [2.45, 2.75) is 26.3 Å². The Labute approximate surface area is 101 Å². The molecule has 15 heavy (non-hydrogen) atoms. The van der Waals surface area contributed by atoms with Crippen molar-refractivity contribution >= 4 is 21.6 Å². The first-order valence-corrected chi connectivity index (χ1v) is 6.11. The van der Waals surface area contributed by atoms with Crippen LogP contribution in [0.25, 0.3) is 0 Å². The number of halogens is 1. The molecule has 2 N–H and O–H groups in total. The smallest absolute Gasteiger partial charge is 0.0375 e. The van der Waals surface area contributed by atoms with Gasteiger partial charge in [-0.25, -0.2) is 0 Å². The van der Waals surface area contributed by atoms with Gasteiger partial charge in [-0.2, -0.15) is 0 Å². The van der Waals surface area contributed by atoms with E-state index in [2.05, 4.69) is 53.0 Å². The van der Waals surface area contributed by atoms with Crippen molar-refractivity contribution in [3.05, 3.63) is 28.2 Å². The first-order valence-electron chi connectivity index (χ1n) is 5.32. The van der Waals surface area contributed by atoms with Crippen molar-refractivity contribution in [3.63, 3.8) is 0 Å². The monoisotopic (exact) mass is 270 g/mol. The molecule has 1 rings (SSSR count). The lowest BCUT2D eigenvalue weighted by Gasteiger charge is -2.20. The van der Waals surface area contributed by atoms with Gasteiger partial charge in [-0.15, -0.1) is 0 Å². The molecule has 0 radical (unpaired) electrons. The predicted octanol–water partition coefficient (Wildman–Crippen LogP) is 3.32. The van der Waals surface area contributed by atoms with Crippen molar-refractivity contribution in [3.8, 4) is 0 Å². The van der Waals surface area contributed by atoms with E-state index in [9.17, 15) is 0 Å². The summed E-state index contributed by atoms with van der Waals surface area (Å²) in [6.07, 6.45) is 1.16. The Morgan fingerprint density at radius 2 is 2.13 bits per heavy atom. The normalized spacial score (nSPS) is 12.6. The van der Waals surface area contributed by atoms with E-state index in [1.54, 1.807) is 0 Å². The van der Waals surface area contributed by atoms with Crippen LogP contribution in [0.3, 0.4) is 0 Å². The lowest BCUT2D eigenvalue weighted by molar-refractivity contribution is 0.810. The van der Waals surface area contributed by atoms with Gasteiger partial charge < -0.3 is 10.6 Å². The van der Waals surface area contributed by atoms with Crippen LogP contribution in [0, 0.1) is 0 Å². The van der Waals surface area contributed by atoms with Crippen LogP contribution in [0.2, 0.25) is 0 Å². The van der Waals surface area contributed by atoms with Crippen LogP contribution in [-0.2, 0) is 0 Å². The first kappa shape index (κ1) is 12.5. The summed E-state index contributed by atoms with van der Waals surface area (Å²) in [4.78, 5) is 2.25. The molecule has 0 aromatic heterocycles. The average Bonchev–Trinajstić information content (AvgIpc) is 2.17. The minimum absolute atomic E-state index is 0.0740. The fourth-order valence-corrected chi connectivity index (χ4v) is 2.32. The summed E-state index contributed by atoms with van der Waals surface area (Å²) >= 11 is 3.56. The van der Waals surface area contributed by atoms with E-state index >= 15 is 0 Å². The van der Waals surface area contributed by atoms with E-state index in [0.717, 1.165) is 23.0 Å². The number of anilines is 1. The van der Waals surface area contributed by atoms with Gasteiger partial charge in [0.15, 0.2) is 0 Å². The number of benzene rings is 1. The molecule has 2 nitrogen and oxygen atoms in total. The molecule has 0 spiro atoms. The first-order chi connectivity index (χ1) is 7.06. The van der Waals surface area contributed by atoms with Gasteiger partial charge in [-0.1, -0.05) is 28.9 Å². The number of hydrogen-bond donors (Lipinski definition) is 1. The van der Waals surface area contributed by atoms with Crippen molar-refractivity contribution in [1.29, 1.82) is 0 Å². The van der Waals surface area contributed by atoms with Crippen molar-refractivity contribution in [2.75, 3.05) is 18.5 Å². The molecule has 0 fully saturated rings. The molecular formula is C12H19BrN2. The molecule has 0 saturated carbocycles. The Balaban J connectivity index is 2.91. The van der Waals surface area contributed by atoms with E-state index in [-0.39, 0.29) is 6.04 Å². The Morgan fingerprint density at radius 1 is 1.47 bits per heavy atom. The number of rotatable bonds is 4. The van der Waals surface area contributed by atoms with Crippen LogP contribution in [0.15, 0.2) is 22.7 Å². The maximum Gasteiger partial charge on any atom is 0.0375 e. The standard InChI is InChI=1S/C12H19BrN2/c1-4-7-15(3)10-5-6-11(9(2)14)12(13)8-10/h5-6,8-9H,4,7,14H2,1-3H3/t9-/m1/s1. The highest BCUT2D eigenvalue weighted by Crippen LogP contribution is 2.26. The van der Waals surface area contributed by atoms with E-state index in [1.165, 1.54) is 5.69 Å². The minimum atomic E-state index is 0.0740. The van der Waals surface area contributed by atoms with Gasteiger partial charge in [-0.05, 0) is 31.0 Å². The molecule has 1 atom stereocenters. The van der Waals surface area contributed by atoms with Crippen LogP contribution in [-0.4, -0.2) is 13.6 Å². The van der Waals surface area contributed by atoms with E-state index in [4.69, 9.17) is 5.73 Å². The highest BCUT2D eigenvalue weighted by atomic mass is 79.9. The number of hydrogen-bond acceptors (Lipinski definition) is 2. The Hall–Kier alpha value is -0.540. The zero-order valence-corrected chi connectivity index (χ0v) is 11.2. The summed E-state index contributed by atoms with van der Waals surface area (Å²) in [6, 6.07) is 6.42. The summed E-state index contributed by atoms with van der Waals surface area (Å²) in [6.45, 7) is 5.25. The second-order valence-electron chi connectivity index (χ2n) is 3.92. The maximum absolute atomic E-state index is 5.86. The highest BCUT2D eigenvalue weighted by molar-refractivity contribution is 9.10. The zero-order valence-electron chi connectivity index (χ0n) is 9.63. The lowest BCUT2D eigenvalue weighted by Crippen LogP contribution is -2.18. The molecule has 3 heteroatoms. The summed E-state index contributed by atoms with van der Waals surface area (Å²) in [5.74, 6) is 0. The van der Waals surface area contributed by atoms with E-state index in [0.29, 0.717) is 0 Å². The molecule has 0 aliphatic heterocycles. The van der Waals surface area contributed by atoms with Gasteiger partial charge in [0.25, 0.3) is 0 Å². The van der Waals surface area contributed by atoms with Gasteiger partial charge in [0, 0.05) is 29.8 Å². The zero-order chi connectivity index (χ0) is 11.4. The van der Waals surface area contributed by atoms with Crippen LogP contribution in [0.4, 0.5) is 5.69 Å². The van der Waals surface area contributed by atoms with Gasteiger partial charge in [0.2, 0.25) is 0 Å². The maximum atomic E-state index is 5.86. The van der Waals surface area contributed by atoms with Gasteiger partial charge in [-0.3, -0.25) is 0 Å². The SMILES string of the molecule is CCCN(C)c1ccc([C@@H](C)N)c(Br)c1. The van der Waals surface area contributed by atoms with Crippen molar-refractivity contribution in [2.24, 2.45) is 5.73 Å². The number of nitrogens with zero attached hydrogens (tertiary/aromatic N) is 1. The lowest BCUT2D eigenvalue weighted by atomic mass is 10.1. The molecule has 1 aromatic carbocycles. The fraction of sp³-hybridized carbons (Fsp3) is 0.500. The minimum Gasteiger partial charge on any atom is -0.375 e. The summed E-state index contributed by atoms with van der Waals surface area (Å²) in [7, 11) is 2.11. The fourth-order valence-electron chi connectivity index (χ4n) is 1.59. The van der Waals surface area contributed by atoms with Crippen LogP contribution in [0.5, 0.6) is 0 Å². The van der Waals surface area contributed by atoms with Gasteiger partial charge in [0.05, 0.1) is 0 Å². The van der Waals surface area contributed by atoms with Crippen LogP contribution >= 0.6 is 15.9 Å².